The zero-order chi connectivity index (χ0) is 13.0. The maximum Gasteiger partial charge on any atom is 0.335 e. The van der Waals surface area contributed by atoms with Crippen molar-refractivity contribution >= 4 is 17.6 Å². The Morgan fingerprint density at radius 2 is 2.00 bits per heavy atom. The molecule has 0 fully saturated rings. The minimum atomic E-state index is -1.13. The van der Waals surface area contributed by atoms with Gasteiger partial charge in [-0.15, -0.1) is 0 Å². The Hall–Kier alpha value is -2.08. The molecule has 92 valence electrons. The van der Waals surface area contributed by atoms with E-state index in [1.54, 1.807) is 19.0 Å². The first kappa shape index (κ1) is 13.0. The maximum absolute atomic E-state index is 11.4. The molecule has 0 saturated heterocycles. The van der Waals surface area contributed by atoms with E-state index >= 15 is 0 Å². The van der Waals surface area contributed by atoms with Gasteiger partial charge in [-0.1, -0.05) is 0 Å². The first-order valence-electron chi connectivity index (χ1n) is 4.91. The first-order chi connectivity index (χ1) is 7.90. The third kappa shape index (κ3) is 3.76. The molecule has 0 aliphatic heterocycles. The molecule has 1 aromatic rings. The van der Waals surface area contributed by atoms with Gasteiger partial charge in [0.05, 0.1) is 17.8 Å². The van der Waals surface area contributed by atoms with Crippen molar-refractivity contribution in [1.82, 2.24) is 4.90 Å². The molecule has 1 rings (SSSR count). The van der Waals surface area contributed by atoms with Gasteiger partial charge in [0.15, 0.2) is 0 Å². The number of anilines is 1. The Kier molecular flexibility index (Phi) is 4.06. The van der Waals surface area contributed by atoms with E-state index in [4.69, 9.17) is 5.11 Å². The van der Waals surface area contributed by atoms with E-state index in [1.165, 1.54) is 12.1 Å². The molecule has 0 aromatic heterocycles. The van der Waals surface area contributed by atoms with Crippen molar-refractivity contribution in [3.05, 3.63) is 23.8 Å². The van der Waals surface area contributed by atoms with E-state index in [-0.39, 0.29) is 29.5 Å². The molecule has 0 aliphatic rings. The zero-order valence-corrected chi connectivity index (χ0v) is 9.60. The second kappa shape index (κ2) is 5.31. The highest BCUT2D eigenvalue weighted by atomic mass is 16.4. The largest absolute Gasteiger partial charge is 0.506 e. The monoisotopic (exact) mass is 238 g/mol. The number of rotatable bonds is 4. The lowest BCUT2D eigenvalue weighted by molar-refractivity contribution is -0.116. The molecule has 0 heterocycles. The van der Waals surface area contributed by atoms with Crippen molar-refractivity contribution in [3.63, 3.8) is 0 Å². The number of carboxylic acid groups (broad SMARTS) is 1. The van der Waals surface area contributed by atoms with Gasteiger partial charge in [-0.3, -0.25) is 4.79 Å². The Labute approximate surface area is 98.5 Å². The molecule has 6 nitrogen and oxygen atoms in total. The number of carbonyl (C=O) groups excluding carboxylic acids is 1. The molecule has 0 saturated carbocycles. The lowest BCUT2D eigenvalue weighted by Crippen LogP contribution is -2.27. The normalized spacial score (nSPS) is 10.3. The van der Waals surface area contributed by atoms with E-state index in [9.17, 15) is 14.7 Å². The summed E-state index contributed by atoms with van der Waals surface area (Å²) in [6.45, 7) is 0.181. The van der Waals surface area contributed by atoms with Gasteiger partial charge >= 0.3 is 5.97 Å². The third-order valence-corrected chi connectivity index (χ3v) is 1.98. The molecule has 1 amide bonds. The first-order valence-corrected chi connectivity index (χ1v) is 4.91. The number of carboxylic acids is 1. The number of hydrogen-bond acceptors (Lipinski definition) is 4. The van der Waals surface area contributed by atoms with Crippen LogP contribution in [0.4, 0.5) is 5.69 Å². The lowest BCUT2D eigenvalue weighted by atomic mass is 10.2. The molecule has 1 aromatic carbocycles. The van der Waals surface area contributed by atoms with Crippen LogP contribution in [0.3, 0.4) is 0 Å². The summed E-state index contributed by atoms with van der Waals surface area (Å²) in [6, 6.07) is 3.76. The van der Waals surface area contributed by atoms with Crippen molar-refractivity contribution in [3.8, 4) is 5.75 Å². The minimum Gasteiger partial charge on any atom is -0.506 e. The smallest absolute Gasteiger partial charge is 0.335 e. The van der Waals surface area contributed by atoms with Crippen LogP contribution in [0.2, 0.25) is 0 Å². The number of phenolic OH excluding ortho intramolecular Hbond substituents is 1. The van der Waals surface area contributed by atoms with Crippen LogP contribution in [0.1, 0.15) is 10.4 Å². The van der Waals surface area contributed by atoms with E-state index < -0.39 is 5.97 Å². The van der Waals surface area contributed by atoms with Gasteiger partial charge in [-0.2, -0.15) is 0 Å². The average molecular weight is 238 g/mol. The predicted molar refractivity (Wildman–Crippen MR) is 62.2 cm³/mol. The summed E-state index contributed by atoms with van der Waals surface area (Å²) in [5.41, 5.74) is 0.162. The molecule has 0 bridgehead atoms. The van der Waals surface area contributed by atoms with Crippen molar-refractivity contribution < 1.29 is 19.8 Å². The molecular weight excluding hydrogens is 224 g/mol. The summed E-state index contributed by atoms with van der Waals surface area (Å²) in [6.07, 6.45) is 0. The van der Waals surface area contributed by atoms with Crippen LogP contribution in [0.25, 0.3) is 0 Å². The number of hydrogen-bond donors (Lipinski definition) is 3. The molecule has 17 heavy (non-hydrogen) atoms. The highest BCUT2D eigenvalue weighted by Gasteiger charge is 2.10. The zero-order valence-electron chi connectivity index (χ0n) is 9.60. The van der Waals surface area contributed by atoms with E-state index in [2.05, 4.69) is 5.32 Å². The van der Waals surface area contributed by atoms with Gasteiger partial charge in [0.25, 0.3) is 0 Å². The predicted octanol–water partition coefficient (Wildman–Crippen LogP) is 0.590. The fourth-order valence-electron chi connectivity index (χ4n) is 1.25. The fourth-order valence-corrected chi connectivity index (χ4v) is 1.25. The fraction of sp³-hybridized carbons (Fsp3) is 0.273. The van der Waals surface area contributed by atoms with Gasteiger partial charge < -0.3 is 20.4 Å². The second-order valence-electron chi connectivity index (χ2n) is 3.82. The molecule has 6 heteroatoms. The second-order valence-corrected chi connectivity index (χ2v) is 3.82. The van der Waals surface area contributed by atoms with Crippen LogP contribution < -0.4 is 5.32 Å². The van der Waals surface area contributed by atoms with E-state index in [1.807, 2.05) is 0 Å². The Morgan fingerprint density at radius 1 is 1.35 bits per heavy atom. The summed E-state index contributed by atoms with van der Waals surface area (Å²) < 4.78 is 0. The number of nitrogens with one attached hydrogen (secondary N) is 1. The standard InChI is InChI=1S/C11H14N2O4/c1-13(2)6-10(15)12-8-4-3-7(11(16)17)5-9(8)14/h3-5,14H,6H2,1-2H3,(H,12,15)(H,16,17). The quantitative estimate of drug-likeness (QED) is 0.668. The van der Waals surface area contributed by atoms with Crippen LogP contribution in [0.15, 0.2) is 18.2 Å². The van der Waals surface area contributed by atoms with Crippen LogP contribution in [-0.2, 0) is 4.79 Å². The number of aromatic carboxylic acids is 1. The summed E-state index contributed by atoms with van der Waals surface area (Å²) in [5, 5.41) is 20.7. The van der Waals surface area contributed by atoms with E-state index in [0.29, 0.717) is 0 Å². The molecule has 0 aliphatic carbocycles. The highest BCUT2D eigenvalue weighted by molar-refractivity contribution is 5.95. The molecule has 3 N–H and O–H groups in total. The molecule has 0 unspecified atom stereocenters. The van der Waals surface area contributed by atoms with Crippen molar-refractivity contribution in [2.45, 2.75) is 0 Å². The Balaban J connectivity index is 2.79. The molecule has 0 atom stereocenters. The van der Waals surface area contributed by atoms with Gasteiger partial charge in [-0.25, -0.2) is 4.79 Å². The SMILES string of the molecule is CN(C)CC(=O)Nc1ccc(C(=O)O)cc1O. The Morgan fingerprint density at radius 3 is 2.47 bits per heavy atom. The molecule has 0 spiro atoms. The Bertz CT molecular complexity index is 443. The van der Waals surface area contributed by atoms with Gasteiger partial charge in [0.1, 0.15) is 5.75 Å². The van der Waals surface area contributed by atoms with Gasteiger partial charge in [0.2, 0.25) is 5.91 Å². The summed E-state index contributed by atoms with van der Waals surface area (Å²) in [5.74, 6) is -1.68. The average Bonchev–Trinajstić information content (AvgIpc) is 2.19. The van der Waals surface area contributed by atoms with Gasteiger partial charge in [-0.05, 0) is 32.3 Å². The van der Waals surface area contributed by atoms with Crippen LogP contribution in [0.5, 0.6) is 5.75 Å². The van der Waals surface area contributed by atoms with Crippen molar-refractivity contribution in [2.75, 3.05) is 26.0 Å². The maximum atomic E-state index is 11.4. The summed E-state index contributed by atoms with van der Waals surface area (Å²) in [4.78, 5) is 23.7. The molecule has 0 radical (unpaired) electrons. The number of aromatic hydroxyl groups is 1. The van der Waals surface area contributed by atoms with Crippen LogP contribution in [0, 0.1) is 0 Å². The minimum absolute atomic E-state index is 0.0342. The third-order valence-electron chi connectivity index (χ3n) is 1.98. The van der Waals surface area contributed by atoms with Crippen LogP contribution in [-0.4, -0.2) is 47.6 Å². The summed E-state index contributed by atoms with van der Waals surface area (Å²) in [7, 11) is 3.49. The number of likely N-dealkylation sites (N-methyl/N-ethyl adjacent to an activating group) is 1. The summed E-state index contributed by atoms with van der Waals surface area (Å²) >= 11 is 0. The topological polar surface area (TPSA) is 89.9 Å². The van der Waals surface area contributed by atoms with Crippen molar-refractivity contribution in [1.29, 1.82) is 0 Å². The number of amides is 1. The number of phenols is 1. The number of carbonyl (C=O) groups is 2. The van der Waals surface area contributed by atoms with Gasteiger partial charge in [0, 0.05) is 0 Å². The van der Waals surface area contributed by atoms with E-state index in [0.717, 1.165) is 6.07 Å². The number of nitrogens with zero attached hydrogens (tertiary/aromatic N) is 1. The van der Waals surface area contributed by atoms with Crippen molar-refractivity contribution in [2.24, 2.45) is 0 Å². The molecular formula is C11H14N2O4. The number of benzene rings is 1. The highest BCUT2D eigenvalue weighted by Crippen LogP contribution is 2.24. The lowest BCUT2D eigenvalue weighted by Gasteiger charge is -2.11. The van der Waals surface area contributed by atoms with Crippen LogP contribution >= 0.6 is 0 Å².